The van der Waals surface area contributed by atoms with E-state index in [2.05, 4.69) is 15.9 Å². The van der Waals surface area contributed by atoms with E-state index in [-0.39, 0.29) is 11.8 Å². The molecule has 6 heteroatoms. The van der Waals surface area contributed by atoms with Crippen molar-refractivity contribution in [2.24, 2.45) is 5.92 Å². The molecule has 1 saturated heterocycles. The molecule has 0 spiro atoms. The van der Waals surface area contributed by atoms with E-state index in [4.69, 9.17) is 4.74 Å². The molecule has 0 bridgehead atoms. The van der Waals surface area contributed by atoms with Crippen molar-refractivity contribution >= 4 is 27.8 Å². The van der Waals surface area contributed by atoms with Crippen LogP contribution in [-0.4, -0.2) is 40.9 Å². The van der Waals surface area contributed by atoms with Crippen molar-refractivity contribution in [3.05, 3.63) is 29.8 Å². The lowest BCUT2D eigenvalue weighted by molar-refractivity contribution is -0.148. The first kappa shape index (κ1) is 14.8. The van der Waals surface area contributed by atoms with Crippen LogP contribution in [0.25, 0.3) is 0 Å². The van der Waals surface area contributed by atoms with Crippen LogP contribution in [0, 0.1) is 5.92 Å². The Morgan fingerprint density at radius 2 is 2.35 bits per heavy atom. The Labute approximate surface area is 125 Å². The van der Waals surface area contributed by atoms with Crippen molar-refractivity contribution < 1.29 is 19.4 Å². The number of ether oxygens (including phenoxy) is 1. The Bertz CT molecular complexity index is 520. The summed E-state index contributed by atoms with van der Waals surface area (Å²) in [5.41, 5.74) is 0.556. The number of halogens is 1. The van der Waals surface area contributed by atoms with E-state index < -0.39 is 12.0 Å². The highest BCUT2D eigenvalue weighted by Gasteiger charge is 2.38. The van der Waals surface area contributed by atoms with Crippen LogP contribution in [0.3, 0.4) is 0 Å². The van der Waals surface area contributed by atoms with Gasteiger partial charge >= 0.3 is 5.97 Å². The maximum atomic E-state index is 12.0. The summed E-state index contributed by atoms with van der Waals surface area (Å²) in [4.78, 5) is 25.0. The number of methoxy groups -OCH3 is 1. The molecule has 1 heterocycles. The molecule has 20 heavy (non-hydrogen) atoms. The summed E-state index contributed by atoms with van der Waals surface area (Å²) in [6.45, 7) is 0.457. The normalized spacial score (nSPS) is 20.0. The lowest BCUT2D eigenvalue weighted by atomic mass is 10.1. The van der Waals surface area contributed by atoms with E-state index in [0.29, 0.717) is 29.6 Å². The third-order valence-corrected chi connectivity index (χ3v) is 4.33. The highest BCUT2D eigenvalue weighted by atomic mass is 79.9. The van der Waals surface area contributed by atoms with Gasteiger partial charge in [-0.2, -0.15) is 0 Å². The molecule has 1 aromatic rings. The smallest absolute Gasteiger partial charge is 0.331 e. The van der Waals surface area contributed by atoms with Gasteiger partial charge < -0.3 is 14.7 Å². The molecule has 0 aromatic heterocycles. The summed E-state index contributed by atoms with van der Waals surface area (Å²) < 4.78 is 5.11. The van der Waals surface area contributed by atoms with Crippen molar-refractivity contribution in [3.8, 4) is 5.75 Å². The summed E-state index contributed by atoms with van der Waals surface area (Å²) in [7, 11) is 1.52. The molecule has 0 saturated carbocycles. The molecule has 1 aliphatic heterocycles. The summed E-state index contributed by atoms with van der Waals surface area (Å²) in [6.07, 6.45) is 0.388. The second-order valence-electron chi connectivity index (χ2n) is 4.79. The number of likely N-dealkylation sites (tertiary alicyclic amines) is 1. The van der Waals surface area contributed by atoms with Crippen LogP contribution in [0.15, 0.2) is 24.3 Å². The van der Waals surface area contributed by atoms with Gasteiger partial charge in [0.2, 0.25) is 5.91 Å². The van der Waals surface area contributed by atoms with Crippen LogP contribution in [0.1, 0.15) is 18.0 Å². The first-order valence-electron chi connectivity index (χ1n) is 6.29. The molecule has 1 amide bonds. The van der Waals surface area contributed by atoms with Crippen LogP contribution in [0.4, 0.5) is 0 Å². The van der Waals surface area contributed by atoms with Gasteiger partial charge in [-0.05, 0) is 23.6 Å². The van der Waals surface area contributed by atoms with Crippen molar-refractivity contribution in [1.29, 1.82) is 0 Å². The Balaban J connectivity index is 2.32. The number of nitrogens with zero attached hydrogens (tertiary/aromatic N) is 1. The zero-order valence-corrected chi connectivity index (χ0v) is 12.7. The fraction of sp³-hybridized carbons (Fsp3) is 0.429. The van der Waals surface area contributed by atoms with Gasteiger partial charge in [0.1, 0.15) is 5.75 Å². The minimum absolute atomic E-state index is 0.121. The molecule has 2 rings (SSSR count). The first-order chi connectivity index (χ1) is 9.56. The summed E-state index contributed by atoms with van der Waals surface area (Å²) in [6, 6.07) is 5.88. The minimum atomic E-state index is -1.03. The Morgan fingerprint density at radius 1 is 1.60 bits per heavy atom. The Hall–Kier alpha value is -1.56. The fourth-order valence-electron chi connectivity index (χ4n) is 2.43. The van der Waals surface area contributed by atoms with Gasteiger partial charge in [-0.15, -0.1) is 0 Å². The molecule has 108 valence electrons. The predicted octanol–water partition coefficient (Wildman–Crippen LogP) is 2.06. The molecule has 2 unspecified atom stereocenters. The Kier molecular flexibility index (Phi) is 4.65. The number of carboxylic acid groups (broad SMARTS) is 1. The molecule has 1 aromatic carbocycles. The van der Waals surface area contributed by atoms with Crippen LogP contribution >= 0.6 is 15.9 Å². The van der Waals surface area contributed by atoms with Gasteiger partial charge in [-0.25, -0.2) is 4.79 Å². The second kappa shape index (κ2) is 6.26. The number of alkyl halides is 1. The molecule has 0 radical (unpaired) electrons. The van der Waals surface area contributed by atoms with Crippen LogP contribution < -0.4 is 4.74 Å². The standard InChI is InChI=1S/C14H16BrNO4/c1-20-11-4-2-3-10(6-11)13(14(18)19)16-8-9(7-15)5-12(16)17/h2-4,6,9,13H,5,7-8H2,1H3,(H,18,19). The fourth-order valence-corrected chi connectivity index (χ4v) is 2.86. The van der Waals surface area contributed by atoms with Gasteiger partial charge in [0, 0.05) is 18.3 Å². The molecule has 1 aliphatic rings. The SMILES string of the molecule is COc1cccc(C(C(=O)O)N2CC(CBr)CC2=O)c1. The highest BCUT2D eigenvalue weighted by Crippen LogP contribution is 2.31. The minimum Gasteiger partial charge on any atom is -0.497 e. The zero-order chi connectivity index (χ0) is 14.7. The summed E-state index contributed by atoms with van der Waals surface area (Å²) in [5, 5.41) is 10.2. The van der Waals surface area contributed by atoms with Crippen molar-refractivity contribution in [2.45, 2.75) is 12.5 Å². The number of benzene rings is 1. The maximum Gasteiger partial charge on any atom is 0.331 e. The summed E-state index contributed by atoms with van der Waals surface area (Å²) in [5.74, 6) is -0.404. The van der Waals surface area contributed by atoms with Gasteiger partial charge in [0.05, 0.1) is 7.11 Å². The maximum absolute atomic E-state index is 12.0. The van der Waals surface area contributed by atoms with E-state index in [1.807, 2.05) is 0 Å². The molecule has 1 N–H and O–H groups in total. The molecule has 5 nitrogen and oxygen atoms in total. The molecule has 2 atom stereocenters. The zero-order valence-electron chi connectivity index (χ0n) is 11.1. The van der Waals surface area contributed by atoms with E-state index >= 15 is 0 Å². The topological polar surface area (TPSA) is 66.8 Å². The van der Waals surface area contributed by atoms with Crippen LogP contribution in [0.2, 0.25) is 0 Å². The van der Waals surface area contributed by atoms with Crippen LogP contribution in [0.5, 0.6) is 5.75 Å². The quantitative estimate of drug-likeness (QED) is 0.832. The predicted molar refractivity (Wildman–Crippen MR) is 77.0 cm³/mol. The first-order valence-corrected chi connectivity index (χ1v) is 7.41. The molecule has 0 aliphatic carbocycles. The molecular formula is C14H16BrNO4. The van der Waals surface area contributed by atoms with Gasteiger partial charge in [-0.3, -0.25) is 4.79 Å². The van der Waals surface area contributed by atoms with Crippen molar-refractivity contribution in [2.75, 3.05) is 19.0 Å². The number of carbonyl (C=O) groups excluding carboxylic acids is 1. The lowest BCUT2D eigenvalue weighted by Gasteiger charge is -2.25. The number of amides is 1. The molecular weight excluding hydrogens is 326 g/mol. The Morgan fingerprint density at radius 3 is 2.90 bits per heavy atom. The molecule has 1 fully saturated rings. The lowest BCUT2D eigenvalue weighted by Crippen LogP contribution is -2.35. The highest BCUT2D eigenvalue weighted by molar-refractivity contribution is 9.09. The largest absolute Gasteiger partial charge is 0.497 e. The second-order valence-corrected chi connectivity index (χ2v) is 5.44. The number of carboxylic acids is 1. The van der Waals surface area contributed by atoms with E-state index in [0.717, 1.165) is 0 Å². The van der Waals surface area contributed by atoms with Crippen molar-refractivity contribution in [3.63, 3.8) is 0 Å². The van der Waals surface area contributed by atoms with E-state index in [1.165, 1.54) is 12.0 Å². The number of hydrogen-bond acceptors (Lipinski definition) is 3. The average Bonchev–Trinajstić information content (AvgIpc) is 2.80. The number of rotatable bonds is 5. The van der Waals surface area contributed by atoms with Gasteiger partial charge in [0.15, 0.2) is 6.04 Å². The van der Waals surface area contributed by atoms with Gasteiger partial charge in [-0.1, -0.05) is 28.1 Å². The van der Waals surface area contributed by atoms with E-state index in [9.17, 15) is 14.7 Å². The third kappa shape index (κ3) is 2.95. The third-order valence-electron chi connectivity index (χ3n) is 3.41. The number of hydrogen-bond donors (Lipinski definition) is 1. The van der Waals surface area contributed by atoms with E-state index in [1.54, 1.807) is 24.3 Å². The summed E-state index contributed by atoms with van der Waals surface area (Å²) >= 11 is 3.35. The monoisotopic (exact) mass is 341 g/mol. The number of carbonyl (C=O) groups is 2. The number of aliphatic carboxylic acids is 1. The average molecular weight is 342 g/mol. The van der Waals surface area contributed by atoms with Gasteiger partial charge in [0.25, 0.3) is 0 Å². The van der Waals surface area contributed by atoms with Crippen molar-refractivity contribution in [1.82, 2.24) is 4.90 Å². The van der Waals surface area contributed by atoms with Crippen LogP contribution in [-0.2, 0) is 9.59 Å².